The smallest absolute Gasteiger partial charge is 0.242 e. The second-order valence-electron chi connectivity index (χ2n) is 5.32. The molecule has 112 valence electrons. The fourth-order valence-electron chi connectivity index (χ4n) is 2.50. The number of aromatic nitrogens is 1. The maximum absolute atomic E-state index is 12.4. The van der Waals surface area contributed by atoms with Crippen molar-refractivity contribution in [3.8, 4) is 0 Å². The van der Waals surface area contributed by atoms with Crippen LogP contribution >= 0.6 is 0 Å². The molecule has 2 heterocycles. The molecule has 0 aromatic carbocycles. The molecule has 7 heteroatoms. The van der Waals surface area contributed by atoms with E-state index in [-0.39, 0.29) is 17.5 Å². The number of sulfonamides is 1. The van der Waals surface area contributed by atoms with Crippen LogP contribution in [0.15, 0.2) is 23.2 Å². The van der Waals surface area contributed by atoms with Gasteiger partial charge in [-0.1, -0.05) is 0 Å². The number of hydrogen-bond acceptors (Lipinski definition) is 5. The van der Waals surface area contributed by atoms with E-state index in [2.05, 4.69) is 28.6 Å². The van der Waals surface area contributed by atoms with Crippen molar-refractivity contribution in [3.05, 3.63) is 24.0 Å². The Balaban J connectivity index is 2.15. The molecule has 3 N–H and O–H groups in total. The standard InChI is InChI=1S/C13H22N4O2S/c1-10-8-11(5-7-17(10)2)16-20(18,19)13-4-3-6-15-12(13)9-14/h3-4,6,10-11,16H,5,7-9,14H2,1-2H3. The molecular weight excluding hydrogens is 276 g/mol. The monoisotopic (exact) mass is 298 g/mol. The number of nitrogens with one attached hydrogen (secondary N) is 1. The second kappa shape index (κ2) is 6.17. The largest absolute Gasteiger partial charge is 0.325 e. The zero-order valence-corrected chi connectivity index (χ0v) is 12.7. The number of likely N-dealkylation sites (tertiary alicyclic amines) is 1. The van der Waals surface area contributed by atoms with E-state index in [1.54, 1.807) is 18.3 Å². The van der Waals surface area contributed by atoms with Crippen molar-refractivity contribution in [1.82, 2.24) is 14.6 Å². The van der Waals surface area contributed by atoms with Gasteiger partial charge in [-0.05, 0) is 45.5 Å². The van der Waals surface area contributed by atoms with Gasteiger partial charge in [0.15, 0.2) is 0 Å². The van der Waals surface area contributed by atoms with Crippen molar-refractivity contribution in [2.75, 3.05) is 13.6 Å². The Morgan fingerprint density at radius 3 is 2.95 bits per heavy atom. The molecular formula is C13H22N4O2S. The van der Waals surface area contributed by atoms with Gasteiger partial charge in [0, 0.05) is 24.8 Å². The maximum atomic E-state index is 12.4. The lowest BCUT2D eigenvalue weighted by molar-refractivity contribution is 0.178. The quantitative estimate of drug-likeness (QED) is 0.835. The van der Waals surface area contributed by atoms with Crippen LogP contribution in [0.3, 0.4) is 0 Å². The van der Waals surface area contributed by atoms with E-state index in [9.17, 15) is 8.42 Å². The Morgan fingerprint density at radius 2 is 2.30 bits per heavy atom. The molecule has 0 aliphatic carbocycles. The number of nitrogens with zero attached hydrogens (tertiary/aromatic N) is 2. The van der Waals surface area contributed by atoms with Crippen LogP contribution in [0.25, 0.3) is 0 Å². The van der Waals surface area contributed by atoms with Gasteiger partial charge in [-0.2, -0.15) is 0 Å². The second-order valence-corrected chi connectivity index (χ2v) is 7.01. The third kappa shape index (κ3) is 3.35. The fraction of sp³-hybridized carbons (Fsp3) is 0.615. The summed E-state index contributed by atoms with van der Waals surface area (Å²) in [6.07, 6.45) is 3.19. The van der Waals surface area contributed by atoms with Crippen LogP contribution in [-0.4, -0.2) is 44.0 Å². The SMILES string of the molecule is CC1CC(NS(=O)(=O)c2cccnc2CN)CCN1C. The summed E-state index contributed by atoms with van der Waals surface area (Å²) >= 11 is 0. The van der Waals surface area contributed by atoms with E-state index in [1.807, 2.05) is 0 Å². The molecule has 0 bridgehead atoms. The molecule has 2 rings (SSSR count). The van der Waals surface area contributed by atoms with Crippen molar-refractivity contribution in [1.29, 1.82) is 0 Å². The highest BCUT2D eigenvalue weighted by atomic mass is 32.2. The van der Waals surface area contributed by atoms with E-state index in [1.165, 1.54) is 0 Å². The number of rotatable bonds is 4. The zero-order valence-electron chi connectivity index (χ0n) is 11.9. The van der Waals surface area contributed by atoms with Crippen molar-refractivity contribution in [2.24, 2.45) is 5.73 Å². The van der Waals surface area contributed by atoms with Gasteiger partial charge in [0.1, 0.15) is 4.90 Å². The molecule has 20 heavy (non-hydrogen) atoms. The van der Waals surface area contributed by atoms with E-state index < -0.39 is 10.0 Å². The van der Waals surface area contributed by atoms with Gasteiger partial charge in [0.25, 0.3) is 0 Å². The van der Waals surface area contributed by atoms with E-state index in [4.69, 9.17) is 5.73 Å². The highest BCUT2D eigenvalue weighted by molar-refractivity contribution is 7.89. The Kier molecular flexibility index (Phi) is 4.74. The average Bonchev–Trinajstić information content (AvgIpc) is 2.42. The molecule has 6 nitrogen and oxygen atoms in total. The van der Waals surface area contributed by atoms with Crippen LogP contribution < -0.4 is 10.5 Å². The van der Waals surface area contributed by atoms with Crippen LogP contribution in [-0.2, 0) is 16.6 Å². The normalized spacial score (nSPS) is 24.8. The minimum Gasteiger partial charge on any atom is -0.325 e. The number of pyridine rings is 1. The van der Waals surface area contributed by atoms with E-state index in [0.717, 1.165) is 19.4 Å². The molecule has 1 fully saturated rings. The molecule has 0 saturated carbocycles. The highest BCUT2D eigenvalue weighted by Gasteiger charge is 2.28. The van der Waals surface area contributed by atoms with Crippen molar-refractivity contribution in [3.63, 3.8) is 0 Å². The van der Waals surface area contributed by atoms with Gasteiger partial charge in [-0.15, -0.1) is 0 Å². The van der Waals surface area contributed by atoms with Gasteiger partial charge in [-0.25, -0.2) is 13.1 Å². The molecule has 1 aromatic heterocycles. The van der Waals surface area contributed by atoms with Crippen molar-refractivity contribution in [2.45, 2.75) is 43.3 Å². The molecule has 1 saturated heterocycles. The van der Waals surface area contributed by atoms with E-state index >= 15 is 0 Å². The lowest BCUT2D eigenvalue weighted by Crippen LogP contribution is -2.47. The predicted molar refractivity (Wildman–Crippen MR) is 77.6 cm³/mol. The van der Waals surface area contributed by atoms with Crippen LogP contribution in [0.4, 0.5) is 0 Å². The molecule has 1 aliphatic heterocycles. The van der Waals surface area contributed by atoms with Gasteiger partial charge < -0.3 is 10.6 Å². The highest BCUT2D eigenvalue weighted by Crippen LogP contribution is 2.19. The fourth-order valence-corrected chi connectivity index (χ4v) is 3.98. The molecule has 0 spiro atoms. The predicted octanol–water partition coefficient (Wildman–Crippen LogP) is 0.301. The first-order valence-electron chi connectivity index (χ1n) is 6.80. The lowest BCUT2D eigenvalue weighted by atomic mass is 10.0. The third-order valence-corrected chi connectivity index (χ3v) is 5.46. The topological polar surface area (TPSA) is 88.3 Å². The molecule has 2 atom stereocenters. The van der Waals surface area contributed by atoms with E-state index in [0.29, 0.717) is 11.7 Å². The molecule has 0 amide bonds. The summed E-state index contributed by atoms with van der Waals surface area (Å²) in [5.41, 5.74) is 5.96. The summed E-state index contributed by atoms with van der Waals surface area (Å²) in [5, 5.41) is 0. The summed E-state index contributed by atoms with van der Waals surface area (Å²) < 4.78 is 27.7. The Morgan fingerprint density at radius 1 is 1.55 bits per heavy atom. The van der Waals surface area contributed by atoms with Crippen LogP contribution in [0.1, 0.15) is 25.5 Å². The third-order valence-electron chi connectivity index (χ3n) is 3.86. The zero-order chi connectivity index (χ0) is 14.8. The Bertz CT molecular complexity index is 561. The summed E-state index contributed by atoms with van der Waals surface area (Å²) in [5.74, 6) is 0. The minimum absolute atomic E-state index is 0.0305. The first-order chi connectivity index (χ1) is 9.44. The average molecular weight is 298 g/mol. The summed E-state index contributed by atoms with van der Waals surface area (Å²) in [6, 6.07) is 3.51. The Labute approximate surface area is 120 Å². The van der Waals surface area contributed by atoms with Crippen LogP contribution in [0.2, 0.25) is 0 Å². The number of hydrogen-bond donors (Lipinski definition) is 2. The first kappa shape index (κ1) is 15.4. The summed E-state index contributed by atoms with van der Waals surface area (Å²) in [6.45, 7) is 3.11. The lowest BCUT2D eigenvalue weighted by Gasteiger charge is -2.35. The molecule has 2 unspecified atom stereocenters. The maximum Gasteiger partial charge on any atom is 0.242 e. The number of nitrogens with two attached hydrogens (primary N) is 1. The van der Waals surface area contributed by atoms with Crippen LogP contribution in [0, 0.1) is 0 Å². The van der Waals surface area contributed by atoms with Crippen molar-refractivity contribution >= 4 is 10.0 Å². The first-order valence-corrected chi connectivity index (χ1v) is 8.29. The summed E-state index contributed by atoms with van der Waals surface area (Å²) in [7, 11) is -1.50. The Hall–Kier alpha value is -1.02. The summed E-state index contributed by atoms with van der Waals surface area (Å²) in [4.78, 5) is 6.46. The molecule has 1 aliphatic rings. The van der Waals surface area contributed by atoms with Gasteiger partial charge in [0.05, 0.1) is 5.69 Å². The minimum atomic E-state index is -3.55. The van der Waals surface area contributed by atoms with Crippen LogP contribution in [0.5, 0.6) is 0 Å². The molecule has 0 radical (unpaired) electrons. The van der Waals surface area contributed by atoms with Gasteiger partial charge in [0.2, 0.25) is 10.0 Å². The van der Waals surface area contributed by atoms with Crippen molar-refractivity contribution < 1.29 is 8.42 Å². The molecule has 1 aromatic rings. The van der Waals surface area contributed by atoms with Gasteiger partial charge >= 0.3 is 0 Å². The number of piperidine rings is 1. The van der Waals surface area contributed by atoms with Gasteiger partial charge in [-0.3, -0.25) is 4.98 Å².